The second kappa shape index (κ2) is 5.65. The van der Waals surface area contributed by atoms with Crippen LogP contribution in [0, 0.1) is 0 Å². The molecule has 0 radical (unpaired) electrons. The van der Waals surface area contributed by atoms with Crippen molar-refractivity contribution in [2.75, 3.05) is 11.9 Å². The molecule has 0 bridgehead atoms. The van der Waals surface area contributed by atoms with Crippen molar-refractivity contribution < 1.29 is 4.74 Å². The summed E-state index contributed by atoms with van der Waals surface area (Å²) >= 11 is 0. The Morgan fingerprint density at radius 2 is 2.05 bits per heavy atom. The smallest absolute Gasteiger partial charge is 0.137 e. The van der Waals surface area contributed by atoms with Crippen molar-refractivity contribution in [2.24, 2.45) is 0 Å². The van der Waals surface area contributed by atoms with Gasteiger partial charge in [0.2, 0.25) is 0 Å². The zero-order chi connectivity index (χ0) is 13.8. The van der Waals surface area contributed by atoms with E-state index in [0.29, 0.717) is 6.61 Å². The normalized spacial score (nSPS) is 10.7. The number of nitrogens with zero attached hydrogens (tertiary/aromatic N) is 1. The summed E-state index contributed by atoms with van der Waals surface area (Å²) in [6.07, 6.45) is 3.79. The van der Waals surface area contributed by atoms with Crippen LogP contribution >= 0.6 is 0 Å². The molecule has 20 heavy (non-hydrogen) atoms. The Morgan fingerprint density at radius 3 is 2.85 bits per heavy atom. The van der Waals surface area contributed by atoms with Crippen LogP contribution in [0.15, 0.2) is 48.8 Å². The van der Waals surface area contributed by atoms with E-state index in [0.717, 1.165) is 29.0 Å². The first-order chi connectivity index (χ1) is 9.86. The summed E-state index contributed by atoms with van der Waals surface area (Å²) in [7, 11) is 0. The Labute approximate surface area is 117 Å². The molecular weight excluding hydrogens is 250 g/mol. The van der Waals surface area contributed by atoms with E-state index in [2.05, 4.69) is 21.4 Å². The van der Waals surface area contributed by atoms with Gasteiger partial charge >= 0.3 is 0 Å². The summed E-state index contributed by atoms with van der Waals surface area (Å²) in [4.78, 5) is 7.47. The zero-order valence-electron chi connectivity index (χ0n) is 11.4. The van der Waals surface area contributed by atoms with Crippen molar-refractivity contribution >= 4 is 16.7 Å². The van der Waals surface area contributed by atoms with E-state index in [-0.39, 0.29) is 0 Å². The first-order valence-corrected chi connectivity index (χ1v) is 6.74. The maximum absolute atomic E-state index is 5.43. The van der Waals surface area contributed by atoms with Gasteiger partial charge in [-0.15, -0.1) is 0 Å². The van der Waals surface area contributed by atoms with Crippen LogP contribution < -0.4 is 10.1 Å². The lowest BCUT2D eigenvalue weighted by molar-refractivity contribution is 0.340. The quantitative estimate of drug-likeness (QED) is 0.743. The lowest BCUT2D eigenvalue weighted by Crippen LogP contribution is -1.99. The molecule has 1 aromatic carbocycles. The number of benzene rings is 1. The van der Waals surface area contributed by atoms with Gasteiger partial charge in [0.1, 0.15) is 11.4 Å². The minimum Gasteiger partial charge on any atom is -0.494 e. The SMILES string of the molecule is CCOc1ccc(NCc2c[nH]c3ncccc23)cc1. The van der Waals surface area contributed by atoms with Crippen LogP contribution in [0.25, 0.3) is 11.0 Å². The van der Waals surface area contributed by atoms with Gasteiger partial charge in [0.15, 0.2) is 0 Å². The van der Waals surface area contributed by atoms with Gasteiger partial charge < -0.3 is 15.0 Å². The van der Waals surface area contributed by atoms with Crippen molar-refractivity contribution in [3.63, 3.8) is 0 Å². The molecule has 2 N–H and O–H groups in total. The van der Waals surface area contributed by atoms with Gasteiger partial charge in [-0.2, -0.15) is 0 Å². The van der Waals surface area contributed by atoms with Crippen molar-refractivity contribution in [3.8, 4) is 5.75 Å². The van der Waals surface area contributed by atoms with E-state index in [1.54, 1.807) is 6.20 Å². The van der Waals surface area contributed by atoms with Crippen molar-refractivity contribution in [2.45, 2.75) is 13.5 Å². The number of nitrogens with one attached hydrogen (secondary N) is 2. The van der Waals surface area contributed by atoms with Crippen molar-refractivity contribution in [3.05, 3.63) is 54.4 Å². The molecule has 0 spiro atoms. The number of rotatable bonds is 5. The molecule has 102 valence electrons. The van der Waals surface area contributed by atoms with Gasteiger partial charge in [-0.05, 0) is 48.9 Å². The fourth-order valence-corrected chi connectivity index (χ4v) is 2.19. The van der Waals surface area contributed by atoms with Crippen LogP contribution in [0.1, 0.15) is 12.5 Å². The summed E-state index contributed by atoms with van der Waals surface area (Å²) in [6, 6.07) is 12.0. The third-order valence-corrected chi connectivity index (χ3v) is 3.19. The van der Waals surface area contributed by atoms with Gasteiger partial charge in [-0.25, -0.2) is 4.98 Å². The monoisotopic (exact) mass is 267 g/mol. The second-order valence-electron chi connectivity index (χ2n) is 4.52. The number of pyridine rings is 1. The molecule has 3 rings (SSSR count). The standard InChI is InChI=1S/C16H17N3O/c1-2-20-14-7-5-13(6-8-14)18-10-12-11-19-16-15(12)4-3-9-17-16/h3-9,11,18H,2,10H2,1H3,(H,17,19). The van der Waals surface area contributed by atoms with E-state index >= 15 is 0 Å². The zero-order valence-corrected chi connectivity index (χ0v) is 11.4. The Morgan fingerprint density at radius 1 is 1.20 bits per heavy atom. The molecule has 4 heteroatoms. The van der Waals surface area contributed by atoms with Gasteiger partial charge in [0.05, 0.1) is 6.61 Å². The molecule has 0 unspecified atom stereocenters. The maximum Gasteiger partial charge on any atom is 0.137 e. The van der Waals surface area contributed by atoms with E-state index in [1.165, 1.54) is 5.56 Å². The summed E-state index contributed by atoms with van der Waals surface area (Å²) in [5, 5.41) is 4.56. The highest BCUT2D eigenvalue weighted by atomic mass is 16.5. The molecule has 0 amide bonds. The average molecular weight is 267 g/mol. The number of fused-ring (bicyclic) bond motifs is 1. The minimum absolute atomic E-state index is 0.690. The molecule has 0 aliphatic rings. The Balaban J connectivity index is 1.69. The van der Waals surface area contributed by atoms with Gasteiger partial charge in [-0.3, -0.25) is 0 Å². The predicted octanol–water partition coefficient (Wildman–Crippen LogP) is 3.57. The molecule has 3 aromatic rings. The molecule has 0 aliphatic heterocycles. The molecule has 0 fully saturated rings. The van der Waals surface area contributed by atoms with Crippen LogP contribution in [0.4, 0.5) is 5.69 Å². The number of hydrogen-bond donors (Lipinski definition) is 2. The number of hydrogen-bond acceptors (Lipinski definition) is 3. The summed E-state index contributed by atoms with van der Waals surface area (Å²) < 4.78 is 5.43. The molecule has 0 aliphatic carbocycles. The number of aromatic amines is 1. The van der Waals surface area contributed by atoms with Crippen LogP contribution in [0.3, 0.4) is 0 Å². The van der Waals surface area contributed by atoms with Crippen LogP contribution in [0.5, 0.6) is 5.75 Å². The maximum atomic E-state index is 5.43. The molecule has 2 aromatic heterocycles. The fourth-order valence-electron chi connectivity index (χ4n) is 2.19. The molecule has 2 heterocycles. The minimum atomic E-state index is 0.690. The Kier molecular flexibility index (Phi) is 3.54. The van der Waals surface area contributed by atoms with Gasteiger partial charge in [-0.1, -0.05) is 0 Å². The lowest BCUT2D eigenvalue weighted by Gasteiger charge is -2.07. The fraction of sp³-hybridized carbons (Fsp3) is 0.188. The third kappa shape index (κ3) is 2.59. The molecule has 0 atom stereocenters. The highest BCUT2D eigenvalue weighted by Gasteiger charge is 2.03. The van der Waals surface area contributed by atoms with Crippen LogP contribution in [-0.2, 0) is 6.54 Å². The van der Waals surface area contributed by atoms with E-state index in [1.807, 2.05) is 43.5 Å². The van der Waals surface area contributed by atoms with Gasteiger partial charge in [0, 0.05) is 30.0 Å². The number of H-pyrrole nitrogens is 1. The second-order valence-corrected chi connectivity index (χ2v) is 4.52. The lowest BCUT2D eigenvalue weighted by atomic mass is 10.2. The Bertz CT molecular complexity index is 688. The van der Waals surface area contributed by atoms with Gasteiger partial charge in [0.25, 0.3) is 0 Å². The first-order valence-electron chi connectivity index (χ1n) is 6.74. The largest absolute Gasteiger partial charge is 0.494 e. The van der Waals surface area contributed by atoms with Crippen molar-refractivity contribution in [1.29, 1.82) is 0 Å². The van der Waals surface area contributed by atoms with Crippen LogP contribution in [-0.4, -0.2) is 16.6 Å². The highest BCUT2D eigenvalue weighted by Crippen LogP contribution is 2.19. The van der Waals surface area contributed by atoms with E-state index in [9.17, 15) is 0 Å². The summed E-state index contributed by atoms with van der Waals surface area (Å²) in [5.74, 6) is 0.898. The molecule has 0 saturated heterocycles. The van der Waals surface area contributed by atoms with E-state index in [4.69, 9.17) is 4.74 Å². The molecular formula is C16H17N3O. The molecule has 0 saturated carbocycles. The van der Waals surface area contributed by atoms with E-state index < -0.39 is 0 Å². The third-order valence-electron chi connectivity index (χ3n) is 3.19. The predicted molar refractivity (Wildman–Crippen MR) is 81.0 cm³/mol. The number of ether oxygens (including phenoxy) is 1. The average Bonchev–Trinajstić information content (AvgIpc) is 2.90. The highest BCUT2D eigenvalue weighted by molar-refractivity contribution is 5.79. The summed E-state index contributed by atoms with van der Waals surface area (Å²) in [5.41, 5.74) is 3.21. The first kappa shape index (κ1) is 12.5. The topological polar surface area (TPSA) is 49.9 Å². The Hall–Kier alpha value is -2.49. The number of aromatic nitrogens is 2. The van der Waals surface area contributed by atoms with Crippen LogP contribution in [0.2, 0.25) is 0 Å². The van der Waals surface area contributed by atoms with Crippen molar-refractivity contribution in [1.82, 2.24) is 9.97 Å². The summed E-state index contributed by atoms with van der Waals surface area (Å²) in [6.45, 7) is 3.44. The number of anilines is 1. The molecule has 4 nitrogen and oxygen atoms in total.